The Kier molecular flexibility index (Phi) is 8.56. The summed E-state index contributed by atoms with van der Waals surface area (Å²) in [5.74, 6) is -0.545. The molecule has 250 valence electrons. The number of ether oxygens (including phenoxy) is 3. The molecule has 0 saturated carbocycles. The number of nitrogens with one attached hydrogen (secondary N) is 1. The molecule has 4 aromatic heterocycles. The van der Waals surface area contributed by atoms with Crippen molar-refractivity contribution in [3.8, 4) is 0 Å². The fraction of sp³-hybridized carbons (Fsp3) is 0.500. The summed E-state index contributed by atoms with van der Waals surface area (Å²) in [5.41, 5.74) is 16.2. The van der Waals surface area contributed by atoms with Crippen LogP contribution >= 0.6 is 15.9 Å². The highest BCUT2D eigenvalue weighted by Gasteiger charge is 2.51. The molecule has 10 atom stereocenters. The first kappa shape index (κ1) is 32.3. The zero-order valence-corrected chi connectivity index (χ0v) is 24.9. The van der Waals surface area contributed by atoms with Crippen molar-refractivity contribution in [1.82, 2.24) is 39.0 Å². The standard InChI is InChI=1S/C20H27N11O13P2/c21-12-6-13(27-19(22)26-12)30(2-24-6)16-9(33)8(32)5(42-16)1-41-46(38,39)44-11-10(34)18(40-4-45(36)37)43-17(11)31-3-25-7-14(31)28-20(23)29-15(7)35/h2-3,5,8-11,16-18,32-34,45H,1,4H2,(H,36,37)(H,38,39)(H4,21,22,26,27)(H3,23,28,29,35)/t5-,8+,9+,10-,11+,16-,17-,18+/m1/s1. The average molecular weight is 691 g/mol. The van der Waals surface area contributed by atoms with E-state index >= 15 is 0 Å². The van der Waals surface area contributed by atoms with Gasteiger partial charge < -0.3 is 56.5 Å². The molecule has 46 heavy (non-hydrogen) atoms. The van der Waals surface area contributed by atoms with E-state index in [0.29, 0.717) is 0 Å². The van der Waals surface area contributed by atoms with Crippen LogP contribution in [-0.2, 0) is 32.4 Å². The van der Waals surface area contributed by atoms with E-state index in [2.05, 4.69) is 29.9 Å². The number of phosphoric ester groups is 1. The summed E-state index contributed by atoms with van der Waals surface area (Å²) in [6, 6.07) is 0. The Morgan fingerprint density at radius 1 is 0.978 bits per heavy atom. The van der Waals surface area contributed by atoms with Crippen molar-refractivity contribution in [2.75, 3.05) is 30.2 Å². The summed E-state index contributed by atoms with van der Waals surface area (Å²) in [5, 5.41) is 32.2. The number of nitrogens with zero attached hydrogens (tertiary/aromatic N) is 7. The Balaban J connectivity index is 1.20. The summed E-state index contributed by atoms with van der Waals surface area (Å²) >= 11 is 0. The minimum Gasteiger partial charge on any atom is -0.387 e. The number of fused-ring (bicyclic) bond motifs is 2. The number of H-pyrrole nitrogens is 1. The highest BCUT2D eigenvalue weighted by Crippen LogP contribution is 2.50. The van der Waals surface area contributed by atoms with Crippen molar-refractivity contribution in [3.05, 3.63) is 23.0 Å². The Hall–Kier alpha value is -3.64. The lowest BCUT2D eigenvalue weighted by Crippen LogP contribution is -2.36. The van der Waals surface area contributed by atoms with E-state index in [-0.39, 0.29) is 40.0 Å². The van der Waals surface area contributed by atoms with Crippen molar-refractivity contribution >= 4 is 55.9 Å². The summed E-state index contributed by atoms with van der Waals surface area (Å²) in [6.07, 6.45) is -11.4. The van der Waals surface area contributed by atoms with Crippen LogP contribution in [0.3, 0.4) is 0 Å². The zero-order chi connectivity index (χ0) is 33.1. The minimum atomic E-state index is -5.19. The van der Waals surface area contributed by atoms with Gasteiger partial charge in [-0.1, -0.05) is 0 Å². The number of hydrogen-bond acceptors (Lipinski definition) is 19. The van der Waals surface area contributed by atoms with Gasteiger partial charge in [-0.25, -0.2) is 14.5 Å². The number of imidazole rings is 2. The number of aliphatic hydroxyl groups excluding tert-OH is 3. The van der Waals surface area contributed by atoms with Crippen molar-refractivity contribution in [1.29, 1.82) is 0 Å². The molecule has 2 unspecified atom stereocenters. The summed E-state index contributed by atoms with van der Waals surface area (Å²) < 4.78 is 53.4. The summed E-state index contributed by atoms with van der Waals surface area (Å²) in [4.78, 5) is 54.1. The first-order valence-electron chi connectivity index (χ1n) is 13.1. The molecule has 4 aromatic rings. The quantitative estimate of drug-likeness (QED) is 0.0728. The van der Waals surface area contributed by atoms with E-state index in [9.17, 15) is 39.0 Å². The number of phosphoric acid groups is 1. The van der Waals surface area contributed by atoms with Crippen LogP contribution in [0.1, 0.15) is 12.5 Å². The van der Waals surface area contributed by atoms with Gasteiger partial charge in [0.05, 0.1) is 19.3 Å². The SMILES string of the molecule is Nc1nc(N)c2ncn([C@@H]3O[C@H](COP(=O)(O)O[C@H]4[C@@H](O)[C@@H](OC[PH](=O)O)O[C@H]4n4cnc5c(=O)[nH]c(N)nc54)[C@H](O)[C@@H]3O)c2n1. The Morgan fingerprint density at radius 3 is 2.37 bits per heavy atom. The minimum absolute atomic E-state index is 0.0444. The van der Waals surface area contributed by atoms with E-state index in [1.165, 1.54) is 10.9 Å². The second-order valence-electron chi connectivity index (χ2n) is 10.0. The number of anilines is 3. The number of nitrogens with two attached hydrogens (primary N) is 3. The third-order valence-electron chi connectivity index (χ3n) is 7.00. The molecule has 12 N–H and O–H groups in total. The van der Waals surface area contributed by atoms with Gasteiger partial charge in [0.15, 0.2) is 41.4 Å². The Labute approximate surface area is 255 Å². The predicted octanol–water partition coefficient (Wildman–Crippen LogP) is -3.52. The maximum absolute atomic E-state index is 13.1. The van der Waals surface area contributed by atoms with Crippen LogP contribution in [-0.4, -0.2) is 114 Å². The van der Waals surface area contributed by atoms with Gasteiger partial charge in [0.25, 0.3) is 5.56 Å². The first-order valence-corrected chi connectivity index (χ1v) is 16.1. The predicted molar refractivity (Wildman–Crippen MR) is 150 cm³/mol. The van der Waals surface area contributed by atoms with Gasteiger partial charge >= 0.3 is 7.82 Å². The normalized spacial score (nSPS) is 30.3. The zero-order valence-electron chi connectivity index (χ0n) is 23.0. The van der Waals surface area contributed by atoms with Crippen LogP contribution in [0.25, 0.3) is 22.3 Å². The van der Waals surface area contributed by atoms with Crippen LogP contribution in [0.15, 0.2) is 17.4 Å². The molecule has 2 aliphatic heterocycles. The number of hydrogen-bond donors (Lipinski definition) is 9. The van der Waals surface area contributed by atoms with Gasteiger partial charge in [0.1, 0.15) is 42.4 Å². The third kappa shape index (κ3) is 5.97. The molecule has 2 fully saturated rings. The second-order valence-corrected chi connectivity index (χ2v) is 12.5. The molecule has 0 aliphatic carbocycles. The van der Waals surface area contributed by atoms with Crippen LogP contribution < -0.4 is 22.8 Å². The molecule has 0 spiro atoms. The molecular formula is C20H27N11O13P2. The average Bonchev–Trinajstić information content (AvgIpc) is 3.72. The fourth-order valence-corrected chi connectivity index (χ4v) is 6.21. The highest BCUT2D eigenvalue weighted by molar-refractivity contribution is 7.47. The molecule has 0 amide bonds. The van der Waals surface area contributed by atoms with E-state index in [4.69, 9.17) is 40.5 Å². The van der Waals surface area contributed by atoms with Crippen LogP contribution in [0, 0.1) is 0 Å². The maximum Gasteiger partial charge on any atom is 0.472 e. The molecule has 2 aliphatic rings. The Morgan fingerprint density at radius 2 is 1.65 bits per heavy atom. The van der Waals surface area contributed by atoms with E-state index < -0.39 is 83.6 Å². The smallest absolute Gasteiger partial charge is 0.387 e. The molecule has 6 heterocycles. The van der Waals surface area contributed by atoms with Crippen molar-refractivity contribution in [2.24, 2.45) is 0 Å². The molecule has 2 saturated heterocycles. The number of aromatic amines is 1. The third-order valence-corrected chi connectivity index (χ3v) is 8.40. The molecule has 0 aromatic carbocycles. The van der Waals surface area contributed by atoms with Crippen molar-refractivity contribution in [2.45, 2.75) is 49.3 Å². The van der Waals surface area contributed by atoms with Gasteiger partial charge in [-0.2, -0.15) is 15.0 Å². The van der Waals surface area contributed by atoms with Crippen molar-refractivity contribution < 1.29 is 57.5 Å². The lowest BCUT2D eigenvalue weighted by atomic mass is 10.1. The van der Waals surface area contributed by atoms with Crippen LogP contribution in [0.2, 0.25) is 0 Å². The van der Waals surface area contributed by atoms with Gasteiger partial charge in [0.2, 0.25) is 19.9 Å². The number of rotatable bonds is 10. The lowest BCUT2D eigenvalue weighted by molar-refractivity contribution is -0.166. The molecule has 6 rings (SSSR count). The van der Waals surface area contributed by atoms with Gasteiger partial charge in [-0.15, -0.1) is 0 Å². The molecule has 24 nitrogen and oxygen atoms in total. The maximum atomic E-state index is 13.1. The van der Waals surface area contributed by atoms with Crippen molar-refractivity contribution in [3.63, 3.8) is 0 Å². The topological polar surface area (TPSA) is 367 Å². The fourth-order valence-electron chi connectivity index (χ4n) is 4.97. The Bertz CT molecular complexity index is 1900. The van der Waals surface area contributed by atoms with Gasteiger partial charge in [-0.05, 0) is 0 Å². The molecular weight excluding hydrogens is 664 g/mol. The highest BCUT2D eigenvalue weighted by atomic mass is 31.2. The summed E-state index contributed by atoms with van der Waals surface area (Å²) in [6.45, 7) is -0.823. The summed E-state index contributed by atoms with van der Waals surface area (Å²) in [7, 11) is -8.37. The lowest BCUT2D eigenvalue weighted by Gasteiger charge is -2.24. The van der Waals surface area contributed by atoms with Gasteiger partial charge in [-0.3, -0.25) is 32.5 Å². The van der Waals surface area contributed by atoms with E-state index in [0.717, 1.165) is 10.9 Å². The molecule has 0 bridgehead atoms. The van der Waals surface area contributed by atoms with E-state index in [1.807, 2.05) is 0 Å². The molecule has 26 heteroatoms. The monoisotopic (exact) mass is 691 g/mol. The first-order chi connectivity index (χ1) is 21.7. The number of aromatic nitrogens is 8. The number of aliphatic hydroxyl groups is 3. The second kappa shape index (κ2) is 12.2. The van der Waals surface area contributed by atoms with E-state index in [1.54, 1.807) is 0 Å². The number of nitrogen functional groups attached to an aromatic ring is 3. The largest absolute Gasteiger partial charge is 0.472 e. The van der Waals surface area contributed by atoms with Gasteiger partial charge in [0, 0.05) is 0 Å². The molecule has 0 radical (unpaired) electrons. The van der Waals surface area contributed by atoms with Crippen LogP contribution in [0.4, 0.5) is 17.7 Å². The van der Waals surface area contributed by atoms with Crippen LogP contribution in [0.5, 0.6) is 0 Å².